The summed E-state index contributed by atoms with van der Waals surface area (Å²) in [4.78, 5) is 0. The minimum atomic E-state index is 0.182. The zero-order valence-corrected chi connectivity index (χ0v) is 9.26. The number of hydrogen-bond acceptors (Lipinski definition) is 3. The molecule has 78 valence electrons. The number of rotatable bonds is 5. The van der Waals surface area contributed by atoms with Crippen molar-refractivity contribution in [1.82, 2.24) is 0 Å². The number of hydrogen-bond donors (Lipinski definition) is 2. The molecule has 1 aromatic carbocycles. The quantitative estimate of drug-likeness (QED) is 0.783. The molecule has 0 heterocycles. The summed E-state index contributed by atoms with van der Waals surface area (Å²) in [6.07, 6.45) is 0.835. The summed E-state index contributed by atoms with van der Waals surface area (Å²) in [6.45, 7) is 2.13. The summed E-state index contributed by atoms with van der Waals surface area (Å²) in [5.41, 5.74) is 7.05. The topological polar surface area (TPSA) is 46.2 Å². The fraction of sp³-hybridized carbons (Fsp3) is 0.455. The lowest BCUT2D eigenvalue weighted by molar-refractivity contribution is 0.474. The van der Waals surface area contributed by atoms with Gasteiger partial charge in [-0.3, -0.25) is 0 Å². The summed E-state index contributed by atoms with van der Waals surface area (Å²) in [5.74, 6) is 2.40. The van der Waals surface area contributed by atoms with E-state index in [-0.39, 0.29) is 6.04 Å². The lowest BCUT2D eigenvalue weighted by Crippen LogP contribution is -2.25. The Hall–Kier alpha value is -0.670. The van der Waals surface area contributed by atoms with Gasteiger partial charge in [-0.25, -0.2) is 0 Å². The average molecular weight is 211 g/mol. The molecular weight excluding hydrogens is 194 g/mol. The summed E-state index contributed by atoms with van der Waals surface area (Å²) in [5, 5.41) is 9.26. The minimum Gasteiger partial charge on any atom is -0.508 e. The van der Waals surface area contributed by atoms with Gasteiger partial charge in [0, 0.05) is 11.8 Å². The molecule has 0 aliphatic rings. The maximum atomic E-state index is 9.26. The summed E-state index contributed by atoms with van der Waals surface area (Å²) >= 11 is 1.85. The molecular formula is C11H17NOS. The van der Waals surface area contributed by atoms with Crippen molar-refractivity contribution in [2.75, 3.05) is 11.5 Å². The van der Waals surface area contributed by atoms with Crippen molar-refractivity contribution in [2.24, 2.45) is 5.73 Å². The van der Waals surface area contributed by atoms with E-state index < -0.39 is 0 Å². The van der Waals surface area contributed by atoms with E-state index in [1.54, 1.807) is 12.1 Å². The normalized spacial score (nSPS) is 12.7. The molecule has 0 aliphatic heterocycles. The van der Waals surface area contributed by atoms with Crippen LogP contribution in [0.1, 0.15) is 12.5 Å². The maximum absolute atomic E-state index is 9.26. The highest BCUT2D eigenvalue weighted by molar-refractivity contribution is 7.99. The highest BCUT2D eigenvalue weighted by Gasteiger charge is 2.03. The molecule has 0 bridgehead atoms. The standard InChI is InChI=1S/C11H17NOS/c1-2-14-8-10(12)6-9-4-3-5-11(13)7-9/h3-5,7,10,13H,2,6,8,12H2,1H3. The molecule has 3 heteroatoms. The minimum absolute atomic E-state index is 0.182. The van der Waals surface area contributed by atoms with Gasteiger partial charge in [0.25, 0.3) is 0 Å². The van der Waals surface area contributed by atoms with Gasteiger partial charge in [0.15, 0.2) is 0 Å². The smallest absolute Gasteiger partial charge is 0.115 e. The Morgan fingerprint density at radius 2 is 2.29 bits per heavy atom. The molecule has 0 saturated heterocycles. The Labute approximate surface area is 89.5 Å². The van der Waals surface area contributed by atoms with Crippen molar-refractivity contribution in [3.05, 3.63) is 29.8 Å². The predicted molar refractivity (Wildman–Crippen MR) is 62.8 cm³/mol. The largest absolute Gasteiger partial charge is 0.508 e. The van der Waals surface area contributed by atoms with Crippen molar-refractivity contribution < 1.29 is 5.11 Å². The zero-order valence-electron chi connectivity index (χ0n) is 8.44. The van der Waals surface area contributed by atoms with E-state index in [9.17, 15) is 5.11 Å². The summed E-state index contributed by atoms with van der Waals surface area (Å²) < 4.78 is 0. The summed E-state index contributed by atoms with van der Waals surface area (Å²) in [6, 6.07) is 7.48. The van der Waals surface area contributed by atoms with Crippen LogP contribution in [-0.2, 0) is 6.42 Å². The van der Waals surface area contributed by atoms with Gasteiger partial charge in [0.05, 0.1) is 0 Å². The van der Waals surface area contributed by atoms with Crippen LogP contribution < -0.4 is 5.73 Å². The van der Waals surface area contributed by atoms with E-state index in [0.29, 0.717) is 5.75 Å². The first kappa shape index (κ1) is 11.4. The monoisotopic (exact) mass is 211 g/mol. The van der Waals surface area contributed by atoms with Gasteiger partial charge in [0.1, 0.15) is 5.75 Å². The van der Waals surface area contributed by atoms with Gasteiger partial charge in [-0.2, -0.15) is 11.8 Å². The fourth-order valence-electron chi connectivity index (χ4n) is 1.31. The Balaban J connectivity index is 2.43. The van der Waals surface area contributed by atoms with Crippen LogP contribution in [0.4, 0.5) is 0 Å². The van der Waals surface area contributed by atoms with Crippen LogP contribution in [0, 0.1) is 0 Å². The predicted octanol–water partition coefficient (Wildman–Crippen LogP) is 2.02. The molecule has 1 atom stereocenters. The second-order valence-electron chi connectivity index (χ2n) is 3.29. The van der Waals surface area contributed by atoms with E-state index in [0.717, 1.165) is 23.5 Å². The number of phenols is 1. The van der Waals surface area contributed by atoms with Crippen molar-refractivity contribution in [3.8, 4) is 5.75 Å². The van der Waals surface area contributed by atoms with E-state index in [4.69, 9.17) is 5.73 Å². The van der Waals surface area contributed by atoms with E-state index >= 15 is 0 Å². The third kappa shape index (κ3) is 4.03. The van der Waals surface area contributed by atoms with E-state index in [2.05, 4.69) is 6.92 Å². The second-order valence-corrected chi connectivity index (χ2v) is 4.61. The van der Waals surface area contributed by atoms with Gasteiger partial charge < -0.3 is 10.8 Å². The van der Waals surface area contributed by atoms with Gasteiger partial charge in [0.2, 0.25) is 0 Å². The maximum Gasteiger partial charge on any atom is 0.115 e. The molecule has 3 N–H and O–H groups in total. The Morgan fingerprint density at radius 1 is 1.50 bits per heavy atom. The second kappa shape index (κ2) is 5.94. The highest BCUT2D eigenvalue weighted by atomic mass is 32.2. The molecule has 0 radical (unpaired) electrons. The first-order chi connectivity index (χ1) is 6.72. The van der Waals surface area contributed by atoms with E-state index in [1.165, 1.54) is 0 Å². The Kier molecular flexibility index (Phi) is 4.84. The molecule has 0 aromatic heterocycles. The molecule has 0 aliphatic carbocycles. The number of nitrogens with two attached hydrogens (primary N) is 1. The molecule has 2 nitrogen and oxygen atoms in total. The third-order valence-electron chi connectivity index (χ3n) is 1.94. The highest BCUT2D eigenvalue weighted by Crippen LogP contribution is 2.13. The lowest BCUT2D eigenvalue weighted by atomic mass is 10.1. The fourth-order valence-corrected chi connectivity index (χ4v) is 1.97. The zero-order chi connectivity index (χ0) is 10.4. The molecule has 1 unspecified atom stereocenters. The number of thioether (sulfide) groups is 1. The molecule has 0 amide bonds. The van der Waals surface area contributed by atoms with Crippen LogP contribution >= 0.6 is 11.8 Å². The van der Waals surface area contributed by atoms with Crippen LogP contribution in [0.3, 0.4) is 0 Å². The number of phenolic OH excluding ortho intramolecular Hbond substituents is 1. The molecule has 1 rings (SSSR count). The first-order valence-corrected chi connectivity index (χ1v) is 5.99. The Bertz CT molecular complexity index is 278. The van der Waals surface area contributed by atoms with Crippen LogP contribution in [-0.4, -0.2) is 22.7 Å². The van der Waals surface area contributed by atoms with Crippen LogP contribution in [0.25, 0.3) is 0 Å². The third-order valence-corrected chi connectivity index (χ3v) is 3.02. The van der Waals surface area contributed by atoms with Crippen LogP contribution in [0.2, 0.25) is 0 Å². The molecule has 1 aromatic rings. The van der Waals surface area contributed by atoms with E-state index in [1.807, 2.05) is 23.9 Å². The number of benzene rings is 1. The van der Waals surface area contributed by atoms with Crippen molar-refractivity contribution in [1.29, 1.82) is 0 Å². The number of aromatic hydroxyl groups is 1. The van der Waals surface area contributed by atoms with Crippen LogP contribution in [0.15, 0.2) is 24.3 Å². The average Bonchev–Trinajstić information content (AvgIpc) is 2.15. The van der Waals surface area contributed by atoms with Gasteiger partial charge >= 0.3 is 0 Å². The summed E-state index contributed by atoms with van der Waals surface area (Å²) in [7, 11) is 0. The lowest BCUT2D eigenvalue weighted by Gasteiger charge is -2.10. The SMILES string of the molecule is CCSCC(N)Cc1cccc(O)c1. The molecule has 0 fully saturated rings. The molecule has 0 spiro atoms. The van der Waals surface area contributed by atoms with Crippen molar-refractivity contribution in [3.63, 3.8) is 0 Å². The van der Waals surface area contributed by atoms with Crippen LogP contribution in [0.5, 0.6) is 5.75 Å². The molecule has 14 heavy (non-hydrogen) atoms. The molecule has 0 saturated carbocycles. The van der Waals surface area contributed by atoms with Crippen molar-refractivity contribution >= 4 is 11.8 Å². The van der Waals surface area contributed by atoms with Gasteiger partial charge in [-0.15, -0.1) is 0 Å². The Morgan fingerprint density at radius 3 is 2.93 bits per heavy atom. The van der Waals surface area contributed by atoms with Gasteiger partial charge in [-0.1, -0.05) is 19.1 Å². The first-order valence-electron chi connectivity index (χ1n) is 4.83. The van der Waals surface area contributed by atoms with Crippen molar-refractivity contribution in [2.45, 2.75) is 19.4 Å². The van der Waals surface area contributed by atoms with Gasteiger partial charge in [-0.05, 0) is 29.9 Å².